The molecule has 210 valence electrons. The summed E-state index contributed by atoms with van der Waals surface area (Å²) in [6, 6.07) is 21.7. The Balaban J connectivity index is 2.00. The van der Waals surface area contributed by atoms with E-state index in [9.17, 15) is 19.7 Å². The maximum Gasteiger partial charge on any atom is 0.345 e. The molecule has 1 aliphatic heterocycles. The van der Waals surface area contributed by atoms with Gasteiger partial charge in [-0.25, -0.2) is 9.59 Å². The molecule has 0 aliphatic carbocycles. The number of nitrogens with zero attached hydrogens (tertiary/aromatic N) is 3. The number of esters is 2. The third kappa shape index (κ3) is 6.53. The summed E-state index contributed by atoms with van der Waals surface area (Å²) in [7, 11) is 5.83. The largest absolute Gasteiger partial charge is 0.466 e. The van der Waals surface area contributed by atoms with Gasteiger partial charge in [-0.1, -0.05) is 66.4 Å². The van der Waals surface area contributed by atoms with Gasteiger partial charge in [-0.15, -0.1) is 0 Å². The molecule has 0 saturated carbocycles. The molecule has 0 saturated heterocycles. The Morgan fingerprint density at radius 3 is 2.17 bits per heavy atom. The van der Waals surface area contributed by atoms with Gasteiger partial charge in [0.1, 0.15) is 16.1 Å². The first-order chi connectivity index (χ1) is 19.7. The summed E-state index contributed by atoms with van der Waals surface area (Å²) in [5.74, 6) is -1.48. The lowest BCUT2D eigenvalue weighted by Gasteiger charge is -2.29. The van der Waals surface area contributed by atoms with Gasteiger partial charge in [0, 0.05) is 23.0 Å². The minimum atomic E-state index is -0.928. The summed E-state index contributed by atoms with van der Waals surface area (Å²) in [6.45, 7) is 0. The van der Waals surface area contributed by atoms with E-state index in [1.165, 1.54) is 20.3 Å². The van der Waals surface area contributed by atoms with Crippen molar-refractivity contribution in [3.63, 3.8) is 0 Å². The zero-order chi connectivity index (χ0) is 29.5. The lowest BCUT2D eigenvalue weighted by atomic mass is 10.0. The van der Waals surface area contributed by atoms with Crippen LogP contribution in [-0.2, 0) is 19.1 Å². The van der Waals surface area contributed by atoms with E-state index in [0.717, 1.165) is 23.0 Å². The number of carbonyl (C=O) groups is 2. The van der Waals surface area contributed by atoms with Crippen LogP contribution < -0.4 is 5.32 Å². The molecule has 11 heteroatoms. The second kappa shape index (κ2) is 13.1. The summed E-state index contributed by atoms with van der Waals surface area (Å²) >= 11 is 0.902. The van der Waals surface area contributed by atoms with Crippen molar-refractivity contribution in [1.29, 1.82) is 0 Å². The van der Waals surface area contributed by atoms with Crippen LogP contribution in [0.2, 0.25) is 0 Å². The highest BCUT2D eigenvalue weighted by Crippen LogP contribution is 2.41. The van der Waals surface area contributed by atoms with Gasteiger partial charge in [0.25, 0.3) is 5.69 Å². The molecule has 0 spiro atoms. The van der Waals surface area contributed by atoms with E-state index in [1.54, 1.807) is 37.2 Å². The Bertz CT molecular complexity index is 1550. The van der Waals surface area contributed by atoms with E-state index in [0.29, 0.717) is 11.3 Å². The Kier molecular flexibility index (Phi) is 9.33. The van der Waals surface area contributed by atoms with E-state index in [4.69, 9.17) is 14.5 Å². The fraction of sp³-hybridized carbons (Fsp3) is 0.167. The van der Waals surface area contributed by atoms with Crippen molar-refractivity contribution in [2.24, 2.45) is 4.99 Å². The number of rotatable bonds is 9. The molecule has 0 bridgehead atoms. The number of para-hydroxylation sites is 1. The zero-order valence-electron chi connectivity index (χ0n) is 22.9. The molecule has 1 atom stereocenters. The number of hydrogen-bond acceptors (Lipinski definition) is 10. The lowest BCUT2D eigenvalue weighted by molar-refractivity contribution is -0.385. The number of nitro groups is 1. The minimum absolute atomic E-state index is 0.0155. The summed E-state index contributed by atoms with van der Waals surface area (Å²) in [5, 5.41) is 15.9. The smallest absolute Gasteiger partial charge is 0.345 e. The molecule has 0 fully saturated rings. The summed E-state index contributed by atoms with van der Waals surface area (Å²) < 4.78 is 9.99. The number of ether oxygens (including phenoxy) is 2. The fourth-order valence-corrected chi connectivity index (χ4v) is 5.34. The fourth-order valence-electron chi connectivity index (χ4n) is 4.20. The first kappa shape index (κ1) is 29.2. The Hall–Kier alpha value is -4.74. The molecule has 0 radical (unpaired) electrons. The van der Waals surface area contributed by atoms with Gasteiger partial charge in [-0.2, -0.15) is 0 Å². The molecule has 1 heterocycles. The van der Waals surface area contributed by atoms with Gasteiger partial charge < -0.3 is 14.8 Å². The van der Waals surface area contributed by atoms with E-state index >= 15 is 0 Å². The molecule has 10 nitrogen and oxygen atoms in total. The maximum absolute atomic E-state index is 13.0. The highest BCUT2D eigenvalue weighted by Gasteiger charge is 2.38. The average molecular weight is 573 g/mol. The highest BCUT2D eigenvalue weighted by atomic mass is 32.2. The van der Waals surface area contributed by atoms with Gasteiger partial charge in [0.2, 0.25) is 0 Å². The second-order valence-corrected chi connectivity index (χ2v) is 10.0. The third-order valence-corrected chi connectivity index (χ3v) is 7.23. The van der Waals surface area contributed by atoms with Crippen LogP contribution in [0.4, 0.5) is 17.1 Å². The van der Waals surface area contributed by atoms with Crippen molar-refractivity contribution < 1.29 is 24.0 Å². The standard InChI is InChI=1S/C30H28N4O6S/c1-33(2)27-25(29(35)39-3)26(30(36)40-4)41-28(32-27)24-21(16-15-19-11-7-5-8-12-19)23(34(37)38)18-17-22(24)31-20-13-9-6-10-14-20/h5-18,27,31H,1-4H3. The first-order valence-electron chi connectivity index (χ1n) is 12.4. The number of nitro benzene ring substituents is 1. The van der Waals surface area contributed by atoms with E-state index < -0.39 is 23.0 Å². The number of hydrogen-bond donors (Lipinski definition) is 1. The van der Waals surface area contributed by atoms with Gasteiger partial charge in [0.05, 0.1) is 30.3 Å². The molecule has 3 aromatic carbocycles. The normalized spacial score (nSPS) is 15.0. The summed E-state index contributed by atoms with van der Waals surface area (Å²) in [5.41, 5.74) is 2.61. The molecule has 0 aromatic heterocycles. The van der Waals surface area contributed by atoms with Gasteiger partial charge >= 0.3 is 11.9 Å². The molecular formula is C30H28N4O6S. The lowest BCUT2D eigenvalue weighted by Crippen LogP contribution is -2.37. The average Bonchev–Trinajstić information content (AvgIpc) is 2.99. The predicted octanol–water partition coefficient (Wildman–Crippen LogP) is 5.49. The van der Waals surface area contributed by atoms with Crippen molar-refractivity contribution in [2.75, 3.05) is 33.6 Å². The second-order valence-electron chi connectivity index (χ2n) is 9.01. The molecular weight excluding hydrogens is 544 g/mol. The molecule has 1 aliphatic rings. The van der Waals surface area contributed by atoms with Crippen molar-refractivity contribution >= 4 is 58.0 Å². The first-order valence-corrected chi connectivity index (χ1v) is 13.3. The number of methoxy groups -OCH3 is 2. The number of aliphatic imine (C=N–C) groups is 1. The van der Waals surface area contributed by atoms with Crippen LogP contribution in [-0.4, -0.2) is 61.3 Å². The van der Waals surface area contributed by atoms with Crippen molar-refractivity contribution in [3.05, 3.63) is 110 Å². The van der Waals surface area contributed by atoms with Crippen molar-refractivity contribution in [1.82, 2.24) is 4.90 Å². The number of thioether (sulfide) groups is 1. The van der Waals surface area contributed by atoms with E-state index in [1.807, 2.05) is 60.7 Å². The number of nitrogens with one attached hydrogen (secondary N) is 1. The van der Waals surface area contributed by atoms with Crippen LogP contribution >= 0.6 is 11.8 Å². The summed E-state index contributed by atoms with van der Waals surface area (Å²) in [4.78, 5) is 44.1. The van der Waals surface area contributed by atoms with Crippen molar-refractivity contribution in [3.8, 4) is 0 Å². The van der Waals surface area contributed by atoms with Gasteiger partial charge in [0.15, 0.2) is 0 Å². The van der Waals surface area contributed by atoms with Crippen LogP contribution in [0.15, 0.2) is 88.3 Å². The van der Waals surface area contributed by atoms with Crippen LogP contribution in [0.3, 0.4) is 0 Å². The quantitative estimate of drug-likeness (QED) is 0.153. The summed E-state index contributed by atoms with van der Waals surface area (Å²) in [6.07, 6.45) is 2.50. The molecule has 1 unspecified atom stereocenters. The molecule has 1 N–H and O–H groups in total. The Morgan fingerprint density at radius 1 is 0.951 bits per heavy atom. The van der Waals surface area contributed by atoms with Gasteiger partial charge in [-0.3, -0.25) is 20.0 Å². The van der Waals surface area contributed by atoms with Crippen LogP contribution in [0.5, 0.6) is 0 Å². The maximum atomic E-state index is 13.0. The van der Waals surface area contributed by atoms with Crippen LogP contribution in [0, 0.1) is 10.1 Å². The van der Waals surface area contributed by atoms with Gasteiger partial charge in [-0.05, 0) is 43.9 Å². The molecule has 0 amide bonds. The molecule has 3 aromatic rings. The number of carbonyl (C=O) groups excluding carboxylic acids is 2. The number of anilines is 2. The Labute approximate surface area is 241 Å². The molecule has 4 rings (SSSR count). The zero-order valence-corrected chi connectivity index (χ0v) is 23.7. The monoisotopic (exact) mass is 572 g/mol. The number of benzene rings is 3. The van der Waals surface area contributed by atoms with Crippen LogP contribution in [0.25, 0.3) is 12.2 Å². The SMILES string of the molecule is COC(=O)C1=C(C(=O)OC)C(N(C)C)N=C(c2c(Nc3ccccc3)ccc([N+](=O)[O-])c2C=Cc2ccccc2)S1. The minimum Gasteiger partial charge on any atom is -0.466 e. The van der Waals surface area contributed by atoms with E-state index in [-0.39, 0.29) is 26.8 Å². The Morgan fingerprint density at radius 2 is 1.59 bits per heavy atom. The van der Waals surface area contributed by atoms with Crippen LogP contribution in [0.1, 0.15) is 16.7 Å². The van der Waals surface area contributed by atoms with Crippen molar-refractivity contribution in [2.45, 2.75) is 6.17 Å². The topological polar surface area (TPSA) is 123 Å². The highest BCUT2D eigenvalue weighted by molar-refractivity contribution is 8.18. The third-order valence-electron chi connectivity index (χ3n) is 6.13. The predicted molar refractivity (Wildman–Crippen MR) is 161 cm³/mol. The molecule has 41 heavy (non-hydrogen) atoms. The van der Waals surface area contributed by atoms with E-state index in [2.05, 4.69) is 5.32 Å². The number of likely N-dealkylation sites (N-methyl/N-ethyl adjacent to an activating group) is 1.